The van der Waals surface area contributed by atoms with E-state index in [0.29, 0.717) is 10.8 Å². The van der Waals surface area contributed by atoms with E-state index in [1.165, 1.54) is 11.9 Å². The molecule has 88 valence electrons. The Morgan fingerprint density at radius 2 is 2.00 bits per heavy atom. The summed E-state index contributed by atoms with van der Waals surface area (Å²) < 4.78 is 0. The number of halogens is 1. The molecule has 0 aliphatic carbocycles. The Balaban J connectivity index is 1.76. The highest BCUT2D eigenvalue weighted by atomic mass is 35.5. The Kier molecular flexibility index (Phi) is 4.33. The van der Waals surface area contributed by atoms with Crippen molar-refractivity contribution in [1.82, 2.24) is 9.97 Å². The van der Waals surface area contributed by atoms with Gasteiger partial charge >= 0.3 is 0 Å². The maximum absolute atomic E-state index is 5.93. The van der Waals surface area contributed by atoms with Crippen molar-refractivity contribution in [2.75, 3.05) is 11.9 Å². The van der Waals surface area contributed by atoms with Gasteiger partial charge in [-0.15, -0.1) is 0 Å². The lowest BCUT2D eigenvalue weighted by molar-refractivity contribution is 0.858. The van der Waals surface area contributed by atoms with Crippen LogP contribution in [0.15, 0.2) is 42.9 Å². The third-order valence-electron chi connectivity index (χ3n) is 2.45. The second kappa shape index (κ2) is 6.21. The first kappa shape index (κ1) is 11.9. The summed E-state index contributed by atoms with van der Waals surface area (Å²) in [5.41, 5.74) is 1.35. The van der Waals surface area contributed by atoms with Crippen molar-refractivity contribution in [3.63, 3.8) is 0 Å². The van der Waals surface area contributed by atoms with Crippen LogP contribution in [0.25, 0.3) is 0 Å². The van der Waals surface area contributed by atoms with Crippen LogP contribution >= 0.6 is 11.6 Å². The molecule has 4 heteroatoms. The fourth-order valence-electron chi connectivity index (χ4n) is 1.59. The van der Waals surface area contributed by atoms with Crippen LogP contribution in [0.3, 0.4) is 0 Å². The van der Waals surface area contributed by atoms with Gasteiger partial charge in [0.25, 0.3) is 0 Å². The molecule has 3 nitrogen and oxygen atoms in total. The number of hydrogen-bond donors (Lipinski definition) is 1. The van der Waals surface area contributed by atoms with Gasteiger partial charge < -0.3 is 5.32 Å². The predicted octanol–water partition coefficient (Wildman–Crippen LogP) is 3.17. The van der Waals surface area contributed by atoms with Crippen LogP contribution in [0.5, 0.6) is 0 Å². The summed E-state index contributed by atoms with van der Waals surface area (Å²) in [6, 6.07) is 10.4. The summed E-state index contributed by atoms with van der Waals surface area (Å²) >= 11 is 5.93. The van der Waals surface area contributed by atoms with Gasteiger partial charge in [0.1, 0.15) is 17.2 Å². The summed E-state index contributed by atoms with van der Waals surface area (Å²) in [6.07, 6.45) is 5.18. The van der Waals surface area contributed by atoms with Crippen LogP contribution in [0, 0.1) is 0 Å². The average Bonchev–Trinajstić information content (AvgIpc) is 2.38. The van der Waals surface area contributed by atoms with Gasteiger partial charge in [-0.05, 0) is 18.4 Å². The SMILES string of the molecule is Clc1cncnc1NCCCc1ccccc1. The summed E-state index contributed by atoms with van der Waals surface area (Å²) in [4.78, 5) is 7.91. The predicted molar refractivity (Wildman–Crippen MR) is 70.3 cm³/mol. The number of aromatic nitrogens is 2. The van der Waals surface area contributed by atoms with E-state index >= 15 is 0 Å². The summed E-state index contributed by atoms with van der Waals surface area (Å²) in [6.45, 7) is 0.853. The highest BCUT2D eigenvalue weighted by molar-refractivity contribution is 6.32. The molecule has 17 heavy (non-hydrogen) atoms. The topological polar surface area (TPSA) is 37.8 Å². The molecule has 1 aromatic heterocycles. The van der Waals surface area contributed by atoms with Crippen molar-refractivity contribution in [1.29, 1.82) is 0 Å². The Morgan fingerprint density at radius 1 is 1.18 bits per heavy atom. The normalized spacial score (nSPS) is 10.2. The molecule has 1 heterocycles. The van der Waals surface area contributed by atoms with E-state index in [4.69, 9.17) is 11.6 Å². The van der Waals surface area contributed by atoms with Gasteiger partial charge in [0.2, 0.25) is 0 Å². The molecule has 0 radical (unpaired) electrons. The lowest BCUT2D eigenvalue weighted by Crippen LogP contribution is -2.05. The van der Waals surface area contributed by atoms with Crippen LogP contribution in [0.1, 0.15) is 12.0 Å². The maximum Gasteiger partial charge on any atom is 0.148 e. The lowest BCUT2D eigenvalue weighted by Gasteiger charge is -2.06. The molecule has 2 aromatic rings. The molecule has 1 N–H and O–H groups in total. The van der Waals surface area contributed by atoms with Crippen molar-refractivity contribution in [2.45, 2.75) is 12.8 Å². The molecular formula is C13H14ClN3. The zero-order valence-electron chi connectivity index (χ0n) is 9.44. The second-order valence-electron chi connectivity index (χ2n) is 3.74. The molecular weight excluding hydrogens is 234 g/mol. The molecule has 0 bridgehead atoms. The molecule has 0 aliphatic heterocycles. The third-order valence-corrected chi connectivity index (χ3v) is 2.72. The molecule has 0 amide bonds. The Labute approximate surface area is 106 Å². The van der Waals surface area contributed by atoms with E-state index in [2.05, 4.69) is 39.6 Å². The largest absolute Gasteiger partial charge is 0.369 e. The van der Waals surface area contributed by atoms with Crippen molar-refractivity contribution in [3.8, 4) is 0 Å². The smallest absolute Gasteiger partial charge is 0.148 e. The molecule has 0 saturated carbocycles. The quantitative estimate of drug-likeness (QED) is 0.825. The summed E-state index contributed by atoms with van der Waals surface area (Å²) in [5.74, 6) is 0.703. The molecule has 0 spiro atoms. The summed E-state index contributed by atoms with van der Waals surface area (Å²) in [5, 5.41) is 3.76. The Bertz CT molecular complexity index is 459. The zero-order valence-corrected chi connectivity index (χ0v) is 10.2. The number of aryl methyl sites for hydroxylation is 1. The van der Waals surface area contributed by atoms with Gasteiger partial charge in [0, 0.05) is 6.54 Å². The van der Waals surface area contributed by atoms with Gasteiger partial charge in [-0.1, -0.05) is 41.9 Å². The monoisotopic (exact) mass is 247 g/mol. The first-order valence-electron chi connectivity index (χ1n) is 5.59. The number of rotatable bonds is 5. The minimum atomic E-state index is 0.562. The van der Waals surface area contributed by atoms with E-state index in [1.807, 2.05) is 6.07 Å². The van der Waals surface area contributed by atoms with Crippen molar-refractivity contribution in [2.24, 2.45) is 0 Å². The van der Waals surface area contributed by atoms with Gasteiger partial charge in [0.15, 0.2) is 0 Å². The minimum Gasteiger partial charge on any atom is -0.369 e. The fourth-order valence-corrected chi connectivity index (χ4v) is 1.76. The van der Waals surface area contributed by atoms with Crippen LogP contribution in [-0.2, 0) is 6.42 Å². The molecule has 0 aliphatic rings. The molecule has 1 aromatic carbocycles. The molecule has 0 unspecified atom stereocenters. The van der Waals surface area contributed by atoms with Gasteiger partial charge in [0.05, 0.1) is 6.20 Å². The van der Waals surface area contributed by atoms with E-state index < -0.39 is 0 Å². The standard InChI is InChI=1S/C13H14ClN3/c14-12-9-15-10-17-13(12)16-8-4-7-11-5-2-1-3-6-11/h1-3,5-6,9-10H,4,7-8H2,(H,15,16,17). The third kappa shape index (κ3) is 3.71. The first-order chi connectivity index (χ1) is 8.36. The number of nitrogens with one attached hydrogen (secondary N) is 1. The van der Waals surface area contributed by atoms with Crippen LogP contribution in [-0.4, -0.2) is 16.5 Å². The highest BCUT2D eigenvalue weighted by Crippen LogP contribution is 2.15. The first-order valence-corrected chi connectivity index (χ1v) is 5.97. The van der Waals surface area contributed by atoms with Crippen molar-refractivity contribution >= 4 is 17.4 Å². The lowest BCUT2D eigenvalue weighted by atomic mass is 10.1. The van der Waals surface area contributed by atoms with Crippen molar-refractivity contribution in [3.05, 3.63) is 53.4 Å². The Morgan fingerprint density at radius 3 is 2.76 bits per heavy atom. The number of nitrogens with zero attached hydrogens (tertiary/aromatic N) is 2. The number of benzene rings is 1. The van der Waals surface area contributed by atoms with Crippen molar-refractivity contribution < 1.29 is 0 Å². The van der Waals surface area contributed by atoms with E-state index in [-0.39, 0.29) is 0 Å². The van der Waals surface area contributed by atoms with Crippen LogP contribution < -0.4 is 5.32 Å². The molecule has 0 saturated heterocycles. The number of anilines is 1. The number of hydrogen-bond acceptors (Lipinski definition) is 3. The maximum atomic E-state index is 5.93. The molecule has 0 fully saturated rings. The zero-order chi connectivity index (χ0) is 11.9. The second-order valence-corrected chi connectivity index (χ2v) is 4.14. The van der Waals surface area contributed by atoms with E-state index in [0.717, 1.165) is 19.4 Å². The molecule has 0 atom stereocenters. The van der Waals surface area contributed by atoms with Crippen LogP contribution in [0.4, 0.5) is 5.82 Å². The molecule has 2 rings (SSSR count). The highest BCUT2D eigenvalue weighted by Gasteiger charge is 1.99. The van der Waals surface area contributed by atoms with E-state index in [1.54, 1.807) is 6.20 Å². The summed E-state index contributed by atoms with van der Waals surface area (Å²) in [7, 11) is 0. The van der Waals surface area contributed by atoms with Gasteiger partial charge in [-0.2, -0.15) is 0 Å². The minimum absolute atomic E-state index is 0.562. The average molecular weight is 248 g/mol. The Hall–Kier alpha value is -1.61. The van der Waals surface area contributed by atoms with Crippen LogP contribution in [0.2, 0.25) is 5.02 Å². The van der Waals surface area contributed by atoms with Gasteiger partial charge in [-0.25, -0.2) is 9.97 Å². The fraction of sp³-hybridized carbons (Fsp3) is 0.231. The van der Waals surface area contributed by atoms with E-state index in [9.17, 15) is 0 Å². The van der Waals surface area contributed by atoms with Gasteiger partial charge in [-0.3, -0.25) is 0 Å².